The number of hydrogen-bond donors (Lipinski definition) is 1. The SMILES string of the molecule is O=C(Nc1ccccc1)C1=Cc2cc(Cl)ccc2OC1. The van der Waals surface area contributed by atoms with Gasteiger partial charge in [0, 0.05) is 16.3 Å². The largest absolute Gasteiger partial charge is 0.488 e. The molecular formula is C16H12ClNO2. The number of hydrogen-bond acceptors (Lipinski definition) is 2. The molecule has 100 valence electrons. The van der Waals surface area contributed by atoms with Crippen LogP contribution in [-0.4, -0.2) is 12.5 Å². The first-order chi connectivity index (χ1) is 9.72. The van der Waals surface area contributed by atoms with Crippen molar-refractivity contribution >= 4 is 29.3 Å². The second-order valence-electron chi connectivity index (χ2n) is 4.46. The molecule has 0 radical (unpaired) electrons. The summed E-state index contributed by atoms with van der Waals surface area (Å²) in [4.78, 5) is 12.2. The maximum absolute atomic E-state index is 12.2. The van der Waals surface area contributed by atoms with Crippen molar-refractivity contribution in [3.8, 4) is 5.75 Å². The molecule has 0 spiro atoms. The van der Waals surface area contributed by atoms with Gasteiger partial charge in [-0.2, -0.15) is 0 Å². The maximum atomic E-state index is 12.2. The molecule has 20 heavy (non-hydrogen) atoms. The molecule has 2 aromatic carbocycles. The molecule has 0 saturated carbocycles. The monoisotopic (exact) mass is 285 g/mol. The second-order valence-corrected chi connectivity index (χ2v) is 4.90. The summed E-state index contributed by atoms with van der Waals surface area (Å²) >= 11 is 5.95. The molecule has 1 aliphatic heterocycles. The standard InChI is InChI=1S/C16H12ClNO2/c17-13-6-7-15-11(9-13)8-12(10-20-15)16(19)18-14-4-2-1-3-5-14/h1-9H,10H2,(H,18,19). The highest BCUT2D eigenvalue weighted by Gasteiger charge is 2.17. The van der Waals surface area contributed by atoms with Crippen LogP contribution in [0.2, 0.25) is 5.02 Å². The number of rotatable bonds is 2. The summed E-state index contributed by atoms with van der Waals surface area (Å²) in [6.45, 7) is 0.257. The van der Waals surface area contributed by atoms with E-state index < -0.39 is 0 Å². The van der Waals surface area contributed by atoms with E-state index in [-0.39, 0.29) is 12.5 Å². The minimum absolute atomic E-state index is 0.165. The molecule has 1 amide bonds. The van der Waals surface area contributed by atoms with E-state index in [0.29, 0.717) is 10.6 Å². The molecule has 0 atom stereocenters. The number of para-hydroxylation sites is 1. The average Bonchev–Trinajstić information content (AvgIpc) is 2.47. The van der Waals surface area contributed by atoms with Crippen LogP contribution in [0, 0.1) is 0 Å². The van der Waals surface area contributed by atoms with Crippen molar-refractivity contribution < 1.29 is 9.53 Å². The summed E-state index contributed by atoms with van der Waals surface area (Å²) in [6, 6.07) is 14.7. The van der Waals surface area contributed by atoms with Crippen molar-refractivity contribution in [3.05, 3.63) is 64.7 Å². The highest BCUT2D eigenvalue weighted by molar-refractivity contribution is 6.30. The Bertz CT molecular complexity index is 680. The fourth-order valence-corrected chi connectivity index (χ4v) is 2.19. The van der Waals surface area contributed by atoms with E-state index in [0.717, 1.165) is 17.0 Å². The molecule has 0 fully saturated rings. The zero-order valence-electron chi connectivity index (χ0n) is 10.6. The van der Waals surface area contributed by atoms with Gasteiger partial charge in [0.2, 0.25) is 0 Å². The van der Waals surface area contributed by atoms with E-state index in [9.17, 15) is 4.79 Å². The zero-order valence-corrected chi connectivity index (χ0v) is 11.4. The minimum atomic E-state index is -0.165. The number of amides is 1. The molecule has 1 aliphatic rings. The Kier molecular flexibility index (Phi) is 3.44. The molecule has 1 N–H and O–H groups in total. The Morgan fingerprint density at radius 1 is 1.15 bits per heavy atom. The van der Waals surface area contributed by atoms with Gasteiger partial charge in [-0.1, -0.05) is 29.8 Å². The summed E-state index contributed by atoms with van der Waals surface area (Å²) in [5.41, 5.74) is 2.15. The van der Waals surface area contributed by atoms with Crippen LogP contribution >= 0.6 is 11.6 Å². The first-order valence-corrected chi connectivity index (χ1v) is 6.59. The van der Waals surface area contributed by atoms with Crippen molar-refractivity contribution in [1.82, 2.24) is 0 Å². The first kappa shape index (κ1) is 12.8. The molecule has 2 aromatic rings. The van der Waals surface area contributed by atoms with Crippen LogP contribution in [0.5, 0.6) is 5.75 Å². The molecule has 3 nitrogen and oxygen atoms in total. The zero-order chi connectivity index (χ0) is 13.9. The number of halogens is 1. The molecule has 0 unspecified atom stereocenters. The van der Waals surface area contributed by atoms with Gasteiger partial charge in [0.25, 0.3) is 5.91 Å². The third-order valence-electron chi connectivity index (χ3n) is 3.01. The summed E-state index contributed by atoms with van der Waals surface area (Å²) < 4.78 is 5.56. The number of ether oxygens (including phenoxy) is 1. The van der Waals surface area contributed by atoms with Crippen molar-refractivity contribution in [2.75, 3.05) is 11.9 Å². The Balaban J connectivity index is 1.83. The van der Waals surface area contributed by atoms with E-state index in [4.69, 9.17) is 16.3 Å². The Labute approximate surface area is 121 Å². The number of fused-ring (bicyclic) bond motifs is 1. The predicted octanol–water partition coefficient (Wildman–Crippen LogP) is 3.75. The number of nitrogens with one attached hydrogen (secondary N) is 1. The van der Waals surface area contributed by atoms with Gasteiger partial charge in [0.05, 0.1) is 5.57 Å². The van der Waals surface area contributed by atoms with Crippen LogP contribution in [0.1, 0.15) is 5.56 Å². The fraction of sp³-hybridized carbons (Fsp3) is 0.0625. The maximum Gasteiger partial charge on any atom is 0.255 e. The van der Waals surface area contributed by atoms with Gasteiger partial charge in [0.15, 0.2) is 0 Å². The molecule has 3 rings (SSSR count). The third-order valence-corrected chi connectivity index (χ3v) is 3.24. The van der Waals surface area contributed by atoms with E-state index >= 15 is 0 Å². The highest BCUT2D eigenvalue weighted by Crippen LogP contribution is 2.29. The summed E-state index contributed by atoms with van der Waals surface area (Å²) in [5, 5.41) is 3.46. The van der Waals surface area contributed by atoms with Crippen LogP contribution in [0.25, 0.3) is 6.08 Å². The summed E-state index contributed by atoms with van der Waals surface area (Å²) in [6.07, 6.45) is 1.81. The van der Waals surface area contributed by atoms with Crippen molar-refractivity contribution in [3.63, 3.8) is 0 Å². The Morgan fingerprint density at radius 2 is 1.95 bits per heavy atom. The summed E-state index contributed by atoms with van der Waals surface area (Å²) in [7, 11) is 0. The topological polar surface area (TPSA) is 38.3 Å². The van der Waals surface area contributed by atoms with Crippen LogP contribution in [0.3, 0.4) is 0 Å². The Morgan fingerprint density at radius 3 is 2.75 bits per heavy atom. The quantitative estimate of drug-likeness (QED) is 0.912. The number of benzene rings is 2. The lowest BCUT2D eigenvalue weighted by atomic mass is 10.1. The van der Waals surface area contributed by atoms with E-state index in [2.05, 4.69) is 5.32 Å². The lowest BCUT2D eigenvalue weighted by Crippen LogP contribution is -2.21. The Hall–Kier alpha value is -2.26. The third kappa shape index (κ3) is 2.68. The van der Waals surface area contributed by atoms with Gasteiger partial charge in [-0.3, -0.25) is 4.79 Å². The number of anilines is 1. The van der Waals surface area contributed by atoms with Crippen molar-refractivity contribution in [2.45, 2.75) is 0 Å². The van der Waals surface area contributed by atoms with Gasteiger partial charge in [-0.25, -0.2) is 0 Å². The highest BCUT2D eigenvalue weighted by atomic mass is 35.5. The van der Waals surface area contributed by atoms with Crippen LogP contribution in [0.4, 0.5) is 5.69 Å². The van der Waals surface area contributed by atoms with Crippen molar-refractivity contribution in [2.24, 2.45) is 0 Å². The normalized spacial score (nSPS) is 12.9. The van der Waals surface area contributed by atoms with Gasteiger partial charge >= 0.3 is 0 Å². The van der Waals surface area contributed by atoms with Gasteiger partial charge in [-0.05, 0) is 36.4 Å². The van der Waals surface area contributed by atoms with Gasteiger partial charge in [0.1, 0.15) is 12.4 Å². The summed E-state index contributed by atoms with van der Waals surface area (Å²) in [5.74, 6) is 0.576. The molecule has 4 heteroatoms. The van der Waals surface area contributed by atoms with Gasteiger partial charge < -0.3 is 10.1 Å². The molecule has 1 heterocycles. The molecule has 0 aromatic heterocycles. The van der Waals surface area contributed by atoms with E-state index in [1.54, 1.807) is 18.2 Å². The average molecular weight is 286 g/mol. The smallest absolute Gasteiger partial charge is 0.255 e. The molecular weight excluding hydrogens is 274 g/mol. The predicted molar refractivity (Wildman–Crippen MR) is 80.0 cm³/mol. The second kappa shape index (κ2) is 5.39. The lowest BCUT2D eigenvalue weighted by molar-refractivity contribution is -0.113. The number of carbonyl (C=O) groups is 1. The molecule has 0 aliphatic carbocycles. The number of carbonyl (C=O) groups excluding carboxylic acids is 1. The van der Waals surface area contributed by atoms with E-state index in [1.807, 2.05) is 36.4 Å². The van der Waals surface area contributed by atoms with Crippen molar-refractivity contribution in [1.29, 1.82) is 0 Å². The van der Waals surface area contributed by atoms with Gasteiger partial charge in [-0.15, -0.1) is 0 Å². The van der Waals surface area contributed by atoms with E-state index in [1.165, 1.54) is 0 Å². The van der Waals surface area contributed by atoms with Crippen LogP contribution < -0.4 is 10.1 Å². The first-order valence-electron chi connectivity index (χ1n) is 6.22. The van der Waals surface area contributed by atoms with Crippen LogP contribution in [-0.2, 0) is 4.79 Å². The molecule has 0 saturated heterocycles. The molecule has 0 bridgehead atoms. The lowest BCUT2D eigenvalue weighted by Gasteiger charge is -2.17. The van der Waals surface area contributed by atoms with Crippen LogP contribution in [0.15, 0.2) is 54.1 Å². The minimum Gasteiger partial charge on any atom is -0.488 e. The fourth-order valence-electron chi connectivity index (χ4n) is 2.01.